The molecule has 1 aromatic rings. The summed E-state index contributed by atoms with van der Waals surface area (Å²) in [5.41, 5.74) is 0.104. The Hall–Kier alpha value is -0.203. The summed E-state index contributed by atoms with van der Waals surface area (Å²) in [6.07, 6.45) is 2.17. The lowest BCUT2D eigenvalue weighted by molar-refractivity contribution is 0.181. The van der Waals surface area contributed by atoms with Crippen LogP contribution in [0.4, 0.5) is 0 Å². The second-order valence-electron chi connectivity index (χ2n) is 6.22. The van der Waals surface area contributed by atoms with E-state index in [2.05, 4.69) is 62.5 Å². The Labute approximate surface area is 148 Å². The molecule has 5 heteroatoms. The maximum atomic E-state index is 5.98. The number of hydrogen-bond acceptors (Lipinski definition) is 2. The molecule has 0 amide bonds. The van der Waals surface area contributed by atoms with Crippen molar-refractivity contribution in [1.29, 1.82) is 0 Å². The maximum absolute atomic E-state index is 5.98. The fraction of sp³-hybridized carbons (Fsp3) is 0.500. The second-order valence-corrected chi connectivity index (χ2v) is 9.74. The molecule has 0 N–H and O–H groups in total. The van der Waals surface area contributed by atoms with Gasteiger partial charge in [-0.3, -0.25) is 0 Å². The van der Waals surface area contributed by atoms with Gasteiger partial charge >= 0.3 is 0 Å². The zero-order valence-corrected chi connectivity index (χ0v) is 17.2. The van der Waals surface area contributed by atoms with E-state index in [-0.39, 0.29) is 11.3 Å². The van der Waals surface area contributed by atoms with Crippen LogP contribution in [0.15, 0.2) is 34.1 Å². The Morgan fingerprint density at radius 3 is 2.57 bits per heavy atom. The largest absolute Gasteiger partial charge is 0.539 e. The average Bonchev–Trinajstić information content (AvgIpc) is 2.32. The Bertz CT molecular complexity index is 483. The van der Waals surface area contributed by atoms with Crippen LogP contribution in [0, 0.1) is 11.3 Å². The third-order valence-electron chi connectivity index (χ3n) is 2.97. The zero-order chi connectivity index (χ0) is 16.0. The van der Waals surface area contributed by atoms with Crippen molar-refractivity contribution in [2.24, 2.45) is 11.3 Å². The van der Waals surface area contributed by atoms with Gasteiger partial charge in [-0.25, -0.2) is 0 Å². The first-order valence-corrected chi connectivity index (χ1v) is 10.8. The smallest absolute Gasteiger partial charge is 0.274 e. The fourth-order valence-electron chi connectivity index (χ4n) is 1.68. The van der Waals surface area contributed by atoms with E-state index >= 15 is 0 Å². The molecule has 0 saturated heterocycles. The van der Waals surface area contributed by atoms with Crippen LogP contribution < -0.4 is 4.74 Å². The van der Waals surface area contributed by atoms with Gasteiger partial charge in [-0.05, 0) is 65.4 Å². The van der Waals surface area contributed by atoms with Gasteiger partial charge in [-0.15, -0.1) is 0 Å². The number of hydrogen-bond donors (Lipinski definition) is 0. The molecule has 117 valence electrons. The third kappa shape index (κ3) is 7.56. The van der Waals surface area contributed by atoms with Crippen molar-refractivity contribution in [3.05, 3.63) is 39.1 Å². The number of benzene rings is 1. The standard InChI is InChI=1S/C16H23ClIO2Si/c1-16(2,3)12(9-15(18)20-21(4)5)11-19-14-8-6-7-13(17)10-14/h6-10,12H,11H2,1-5H3/t12-/m0/s1. The molecule has 0 spiro atoms. The summed E-state index contributed by atoms with van der Waals surface area (Å²) in [7, 11) is -0.730. The molecule has 0 aliphatic heterocycles. The van der Waals surface area contributed by atoms with Crippen molar-refractivity contribution in [2.75, 3.05) is 6.61 Å². The van der Waals surface area contributed by atoms with E-state index < -0.39 is 9.04 Å². The van der Waals surface area contributed by atoms with Gasteiger partial charge in [0.05, 0.1) is 6.61 Å². The molecule has 0 heterocycles. The number of halogens is 2. The summed E-state index contributed by atoms with van der Waals surface area (Å²) in [5.74, 6) is 1.07. The molecule has 2 nitrogen and oxygen atoms in total. The van der Waals surface area contributed by atoms with E-state index in [4.69, 9.17) is 20.8 Å². The Morgan fingerprint density at radius 2 is 2.05 bits per heavy atom. The van der Waals surface area contributed by atoms with Gasteiger partial charge in [0.1, 0.15) is 9.52 Å². The summed E-state index contributed by atoms with van der Waals surface area (Å²) < 4.78 is 12.7. The van der Waals surface area contributed by atoms with E-state index in [1.807, 2.05) is 24.3 Å². The molecule has 1 aromatic carbocycles. The van der Waals surface area contributed by atoms with Crippen LogP contribution in [-0.2, 0) is 4.43 Å². The lowest BCUT2D eigenvalue weighted by Crippen LogP contribution is -2.25. The predicted octanol–water partition coefficient (Wildman–Crippen LogP) is 5.93. The molecule has 1 radical (unpaired) electrons. The SMILES string of the molecule is C[Si](C)OC(I)=C[C@@H](COc1cccc(Cl)c1)C(C)(C)C. The van der Waals surface area contributed by atoms with E-state index in [0.29, 0.717) is 11.6 Å². The molecular weight excluding hydrogens is 415 g/mol. The Morgan fingerprint density at radius 1 is 1.38 bits per heavy atom. The van der Waals surface area contributed by atoms with Crippen molar-refractivity contribution >= 4 is 43.2 Å². The lowest BCUT2D eigenvalue weighted by atomic mass is 9.81. The Kier molecular flexibility index (Phi) is 7.57. The number of ether oxygens (including phenoxy) is 1. The van der Waals surface area contributed by atoms with Crippen LogP contribution >= 0.6 is 34.2 Å². The van der Waals surface area contributed by atoms with Crippen molar-refractivity contribution in [3.8, 4) is 5.75 Å². The topological polar surface area (TPSA) is 18.5 Å². The van der Waals surface area contributed by atoms with E-state index in [1.165, 1.54) is 0 Å². The van der Waals surface area contributed by atoms with Gasteiger partial charge in [-0.2, -0.15) is 0 Å². The molecule has 0 bridgehead atoms. The average molecular weight is 438 g/mol. The first-order valence-electron chi connectivity index (χ1n) is 6.92. The highest BCUT2D eigenvalue weighted by Crippen LogP contribution is 2.30. The first kappa shape index (κ1) is 18.8. The van der Waals surface area contributed by atoms with Crippen LogP contribution in [0.3, 0.4) is 0 Å². The van der Waals surface area contributed by atoms with Crippen LogP contribution in [0.2, 0.25) is 18.1 Å². The lowest BCUT2D eigenvalue weighted by Gasteiger charge is -2.28. The molecule has 1 rings (SSSR count). The van der Waals surface area contributed by atoms with Crippen LogP contribution in [0.25, 0.3) is 0 Å². The quantitative estimate of drug-likeness (QED) is 0.312. The van der Waals surface area contributed by atoms with Crippen LogP contribution in [0.1, 0.15) is 20.8 Å². The van der Waals surface area contributed by atoms with Crippen molar-refractivity contribution in [1.82, 2.24) is 0 Å². The molecule has 21 heavy (non-hydrogen) atoms. The van der Waals surface area contributed by atoms with Crippen molar-refractivity contribution < 1.29 is 9.16 Å². The van der Waals surface area contributed by atoms with Crippen LogP contribution in [0.5, 0.6) is 5.75 Å². The summed E-state index contributed by atoms with van der Waals surface area (Å²) in [4.78, 5) is 0. The zero-order valence-electron chi connectivity index (χ0n) is 13.2. The highest BCUT2D eigenvalue weighted by Gasteiger charge is 2.24. The summed E-state index contributed by atoms with van der Waals surface area (Å²) >= 11 is 8.24. The van der Waals surface area contributed by atoms with Gasteiger partial charge in [0, 0.05) is 10.9 Å². The van der Waals surface area contributed by atoms with Gasteiger partial charge in [0.25, 0.3) is 9.04 Å². The molecule has 1 atom stereocenters. The highest BCUT2D eigenvalue weighted by atomic mass is 127. The minimum atomic E-state index is -0.730. The van der Waals surface area contributed by atoms with E-state index in [0.717, 1.165) is 9.52 Å². The third-order valence-corrected chi connectivity index (χ3v) is 4.83. The normalized spacial score (nSPS) is 14.2. The molecule has 0 saturated carbocycles. The maximum Gasteiger partial charge on any atom is 0.274 e. The van der Waals surface area contributed by atoms with E-state index in [9.17, 15) is 0 Å². The first-order chi connectivity index (χ1) is 9.68. The van der Waals surface area contributed by atoms with Crippen molar-refractivity contribution in [3.63, 3.8) is 0 Å². The van der Waals surface area contributed by atoms with Gasteiger partial charge in [0.2, 0.25) is 0 Å². The molecule has 0 aromatic heterocycles. The second kappa shape index (κ2) is 8.43. The summed E-state index contributed by atoms with van der Waals surface area (Å²) in [6, 6.07) is 7.51. The molecule has 0 aliphatic rings. The summed E-state index contributed by atoms with van der Waals surface area (Å²) in [6.45, 7) is 11.5. The Balaban J connectivity index is 2.76. The molecule has 0 unspecified atom stereocenters. The molecule has 0 aliphatic carbocycles. The fourth-order valence-corrected chi connectivity index (χ4v) is 4.07. The monoisotopic (exact) mass is 437 g/mol. The van der Waals surface area contributed by atoms with Gasteiger partial charge in [0.15, 0.2) is 0 Å². The summed E-state index contributed by atoms with van der Waals surface area (Å²) in [5, 5.41) is 0.692. The molecular formula is C16H23ClIO2Si. The highest BCUT2D eigenvalue weighted by molar-refractivity contribution is 14.1. The van der Waals surface area contributed by atoms with Crippen molar-refractivity contribution in [2.45, 2.75) is 33.9 Å². The minimum absolute atomic E-state index is 0.104. The predicted molar refractivity (Wildman–Crippen MR) is 101 cm³/mol. The van der Waals surface area contributed by atoms with E-state index in [1.54, 1.807) is 0 Å². The number of rotatable bonds is 6. The van der Waals surface area contributed by atoms with Gasteiger partial charge < -0.3 is 9.16 Å². The minimum Gasteiger partial charge on any atom is -0.539 e. The molecule has 0 fully saturated rings. The van der Waals surface area contributed by atoms with Crippen LogP contribution in [-0.4, -0.2) is 15.6 Å². The van der Waals surface area contributed by atoms with Gasteiger partial charge in [-0.1, -0.05) is 38.4 Å².